The average molecular weight is 485 g/mol. The summed E-state index contributed by atoms with van der Waals surface area (Å²) in [5.74, 6) is 0.152. The van der Waals surface area contributed by atoms with E-state index in [2.05, 4.69) is 25.9 Å². The van der Waals surface area contributed by atoms with E-state index in [0.717, 1.165) is 45.7 Å². The number of carbonyl (C=O) groups excluding carboxylic acids is 2. The van der Waals surface area contributed by atoms with Crippen molar-refractivity contribution in [3.05, 3.63) is 44.0 Å². The number of nitrogens with zero attached hydrogens (tertiary/aromatic N) is 4. The molecule has 1 fully saturated rings. The number of hydrogen-bond acceptors (Lipinski definition) is 5. The van der Waals surface area contributed by atoms with Gasteiger partial charge in [0.25, 0.3) is 5.91 Å². The lowest BCUT2D eigenvalue weighted by Gasteiger charge is -2.43. The molecule has 8 heteroatoms. The molecule has 2 aliphatic rings. The number of carbonyl (C=O) groups is 2. The highest BCUT2D eigenvalue weighted by Crippen LogP contribution is 2.46. The van der Waals surface area contributed by atoms with Crippen LogP contribution in [0.25, 0.3) is 10.9 Å². The molecule has 5 rings (SSSR count). The van der Waals surface area contributed by atoms with E-state index in [1.807, 2.05) is 24.9 Å². The zero-order valence-electron chi connectivity index (χ0n) is 19.8. The van der Waals surface area contributed by atoms with Gasteiger partial charge in [0.15, 0.2) is 5.78 Å². The fraction of sp³-hybridized carbons (Fsp3) is 0.520. The highest BCUT2D eigenvalue weighted by atomic mass is 35.5. The second-order valence-electron chi connectivity index (χ2n) is 10.7. The van der Waals surface area contributed by atoms with E-state index < -0.39 is 0 Å². The van der Waals surface area contributed by atoms with Crippen molar-refractivity contribution in [3.63, 3.8) is 0 Å². The first-order chi connectivity index (χ1) is 15.5. The van der Waals surface area contributed by atoms with E-state index in [4.69, 9.17) is 16.6 Å². The molecule has 33 heavy (non-hydrogen) atoms. The van der Waals surface area contributed by atoms with Gasteiger partial charge in [-0.25, -0.2) is 4.98 Å². The molecule has 0 bridgehead atoms. The molecule has 0 radical (unpaired) electrons. The van der Waals surface area contributed by atoms with Crippen LogP contribution in [-0.4, -0.2) is 44.4 Å². The summed E-state index contributed by atoms with van der Waals surface area (Å²) in [6.07, 6.45) is 3.07. The molecule has 174 valence electrons. The maximum Gasteiger partial charge on any atom is 0.253 e. The maximum atomic E-state index is 13.3. The molecule has 0 N–H and O–H groups in total. The Balaban J connectivity index is 1.35. The van der Waals surface area contributed by atoms with E-state index in [0.29, 0.717) is 35.8 Å². The molecule has 2 aromatic heterocycles. The van der Waals surface area contributed by atoms with E-state index in [9.17, 15) is 9.59 Å². The summed E-state index contributed by atoms with van der Waals surface area (Å²) in [4.78, 5) is 34.0. The number of amides is 1. The van der Waals surface area contributed by atoms with Crippen LogP contribution in [0.5, 0.6) is 0 Å². The fourth-order valence-electron chi connectivity index (χ4n) is 5.21. The number of ketones is 1. The number of Topliss-reactive ketones (excluding diaryl/α,β-unsaturated/α-hetero) is 1. The minimum Gasteiger partial charge on any atom is -0.339 e. The molecule has 3 heterocycles. The quantitative estimate of drug-likeness (QED) is 0.467. The standard InChI is InChI=1S/C25H29ClN4O2S/c1-14-16-10-15(11-17(26)21(16)29(5)28-14)22(32)30-8-6-25(7-9-30)12-18(31)20-19(13-25)33-23(27-20)24(2,3)4/h10-11H,6-9,12-13H2,1-5H3. The number of rotatable bonds is 1. The van der Waals surface area contributed by atoms with Gasteiger partial charge >= 0.3 is 0 Å². The van der Waals surface area contributed by atoms with Crippen LogP contribution >= 0.6 is 22.9 Å². The highest BCUT2D eigenvalue weighted by molar-refractivity contribution is 7.12. The molecule has 3 aromatic rings. The van der Waals surface area contributed by atoms with Gasteiger partial charge in [-0.3, -0.25) is 14.3 Å². The third-order valence-corrected chi connectivity index (χ3v) is 8.88. The minimum absolute atomic E-state index is 0.00691. The summed E-state index contributed by atoms with van der Waals surface area (Å²) in [5.41, 5.74) is 2.86. The van der Waals surface area contributed by atoms with Crippen LogP contribution in [0.3, 0.4) is 0 Å². The normalized spacial score (nSPS) is 18.2. The maximum absolute atomic E-state index is 13.3. The predicted molar refractivity (Wildman–Crippen MR) is 131 cm³/mol. The molecule has 0 atom stereocenters. The monoisotopic (exact) mass is 484 g/mol. The Morgan fingerprint density at radius 2 is 1.88 bits per heavy atom. The third kappa shape index (κ3) is 3.79. The van der Waals surface area contributed by atoms with Crippen molar-refractivity contribution in [2.45, 2.75) is 58.8 Å². The second kappa shape index (κ2) is 7.64. The first-order valence-electron chi connectivity index (χ1n) is 11.4. The number of aromatic nitrogens is 3. The Hall–Kier alpha value is -2.25. The summed E-state index contributed by atoms with van der Waals surface area (Å²) in [7, 11) is 1.86. The molecule has 1 saturated heterocycles. The molecule has 0 unspecified atom stereocenters. The molecular weight excluding hydrogens is 456 g/mol. The highest BCUT2D eigenvalue weighted by Gasteiger charge is 2.44. The van der Waals surface area contributed by atoms with Crippen LogP contribution in [0.1, 0.15) is 76.5 Å². The molecule has 1 spiro atoms. The number of hydrogen-bond donors (Lipinski definition) is 0. The Bertz CT molecular complexity index is 1290. The topological polar surface area (TPSA) is 68.1 Å². The summed E-state index contributed by atoms with van der Waals surface area (Å²) < 4.78 is 1.75. The molecule has 6 nitrogen and oxygen atoms in total. The smallest absolute Gasteiger partial charge is 0.253 e. The van der Waals surface area contributed by atoms with Crippen LogP contribution in [-0.2, 0) is 18.9 Å². The number of halogens is 1. The van der Waals surface area contributed by atoms with Crippen molar-refractivity contribution >= 4 is 45.5 Å². The van der Waals surface area contributed by atoms with Gasteiger partial charge in [-0.05, 0) is 43.7 Å². The van der Waals surface area contributed by atoms with Gasteiger partial charge in [-0.1, -0.05) is 32.4 Å². The lowest BCUT2D eigenvalue weighted by Crippen LogP contribution is -2.46. The zero-order chi connectivity index (χ0) is 23.7. The van der Waals surface area contributed by atoms with Crippen LogP contribution < -0.4 is 0 Å². The molecule has 0 saturated carbocycles. The average Bonchev–Trinajstić information content (AvgIpc) is 3.29. The number of piperidine rings is 1. The van der Waals surface area contributed by atoms with Crippen LogP contribution in [0, 0.1) is 12.3 Å². The number of likely N-dealkylation sites (tertiary alicyclic amines) is 1. The van der Waals surface area contributed by atoms with Crippen LogP contribution in [0.2, 0.25) is 5.02 Å². The number of thiazole rings is 1. The predicted octanol–water partition coefficient (Wildman–Crippen LogP) is 5.34. The van der Waals surface area contributed by atoms with Crippen molar-refractivity contribution < 1.29 is 9.59 Å². The summed E-state index contributed by atoms with van der Waals surface area (Å²) in [5, 5.41) is 6.91. The van der Waals surface area contributed by atoms with Gasteiger partial charge in [0.05, 0.1) is 21.2 Å². The van der Waals surface area contributed by atoms with Gasteiger partial charge in [0.1, 0.15) is 5.69 Å². The van der Waals surface area contributed by atoms with E-state index in [1.165, 1.54) is 0 Å². The molecule has 1 aliphatic carbocycles. The lowest BCUT2D eigenvalue weighted by atomic mass is 9.68. The van der Waals surface area contributed by atoms with E-state index >= 15 is 0 Å². The minimum atomic E-state index is -0.0654. The first-order valence-corrected chi connectivity index (χ1v) is 12.6. The number of benzene rings is 1. The molecular formula is C25H29ClN4O2S. The third-order valence-electron chi connectivity index (χ3n) is 7.11. The molecule has 1 aromatic carbocycles. The molecule has 1 aliphatic heterocycles. The Kier molecular flexibility index (Phi) is 5.21. The van der Waals surface area contributed by atoms with Crippen molar-refractivity contribution in [2.75, 3.05) is 13.1 Å². The summed E-state index contributed by atoms with van der Waals surface area (Å²) in [6, 6.07) is 3.65. The second-order valence-corrected chi connectivity index (χ2v) is 12.2. The van der Waals surface area contributed by atoms with Crippen molar-refractivity contribution in [2.24, 2.45) is 12.5 Å². The van der Waals surface area contributed by atoms with Gasteiger partial charge in [0, 0.05) is 47.8 Å². The largest absolute Gasteiger partial charge is 0.339 e. The summed E-state index contributed by atoms with van der Waals surface area (Å²) >= 11 is 8.19. The fourth-order valence-corrected chi connectivity index (χ4v) is 6.87. The van der Waals surface area contributed by atoms with Crippen LogP contribution in [0.4, 0.5) is 0 Å². The summed E-state index contributed by atoms with van der Waals surface area (Å²) in [6.45, 7) is 9.63. The molecule has 1 amide bonds. The zero-order valence-corrected chi connectivity index (χ0v) is 21.4. The van der Waals surface area contributed by atoms with Crippen molar-refractivity contribution in [1.82, 2.24) is 19.7 Å². The van der Waals surface area contributed by atoms with Gasteiger partial charge in [0.2, 0.25) is 0 Å². The number of aryl methyl sites for hydroxylation is 2. The lowest BCUT2D eigenvalue weighted by molar-refractivity contribution is 0.0522. The Morgan fingerprint density at radius 1 is 1.18 bits per heavy atom. The van der Waals surface area contributed by atoms with Crippen LogP contribution in [0.15, 0.2) is 12.1 Å². The number of fused-ring (bicyclic) bond motifs is 2. The van der Waals surface area contributed by atoms with Crippen molar-refractivity contribution in [3.8, 4) is 0 Å². The van der Waals surface area contributed by atoms with E-state index in [1.54, 1.807) is 22.1 Å². The van der Waals surface area contributed by atoms with Gasteiger partial charge in [-0.15, -0.1) is 11.3 Å². The van der Waals surface area contributed by atoms with Gasteiger partial charge < -0.3 is 4.90 Å². The Morgan fingerprint density at radius 3 is 2.55 bits per heavy atom. The first kappa shape index (κ1) is 22.5. The Labute approximate surface area is 202 Å². The SMILES string of the molecule is Cc1nn(C)c2c(Cl)cc(C(=O)N3CCC4(CC3)CC(=O)c3nc(C(C)(C)C)sc3C4)cc12. The van der Waals surface area contributed by atoms with E-state index in [-0.39, 0.29) is 22.5 Å². The van der Waals surface area contributed by atoms with Crippen molar-refractivity contribution in [1.29, 1.82) is 0 Å². The van der Waals surface area contributed by atoms with Gasteiger partial charge in [-0.2, -0.15) is 5.10 Å².